The predicted octanol–water partition coefficient (Wildman–Crippen LogP) is -1.12. The first kappa shape index (κ1) is 9.45. The second kappa shape index (κ2) is 19.3. The molecule has 0 saturated carbocycles. The Bertz CT molecular complexity index is 36.2. The summed E-state index contributed by atoms with van der Waals surface area (Å²) in [7, 11) is 0. The summed E-state index contributed by atoms with van der Waals surface area (Å²) in [6, 6.07) is 0. The Hall–Kier alpha value is 1.12. The minimum absolute atomic E-state index is 0.0556. The third kappa shape index (κ3) is 39.7. The van der Waals surface area contributed by atoms with Crippen LogP contribution in [0.3, 0.4) is 0 Å². The van der Waals surface area contributed by atoms with E-state index in [1.165, 1.54) is 0 Å². The molecule has 0 heterocycles. The molecule has 0 aliphatic rings. The van der Waals surface area contributed by atoms with Crippen LogP contribution in [0.2, 0.25) is 0 Å². The molecule has 0 N–H and O–H groups in total. The van der Waals surface area contributed by atoms with Gasteiger partial charge in [0.1, 0.15) is 0 Å². The van der Waals surface area contributed by atoms with Gasteiger partial charge in [-0.25, -0.2) is 0 Å². The molecule has 0 rings (SSSR count). The van der Waals surface area contributed by atoms with Crippen molar-refractivity contribution in [3.8, 4) is 0 Å². The van der Waals surface area contributed by atoms with Crippen LogP contribution in [0.5, 0.6) is 0 Å². The van der Waals surface area contributed by atoms with Crippen LogP contribution in [0.1, 0.15) is 0 Å². The Morgan fingerprint density at radius 1 is 1.20 bits per heavy atom. The molecule has 0 aliphatic heterocycles. The van der Waals surface area contributed by atoms with E-state index < -0.39 is 21.1 Å². The molecule has 0 aromatic heterocycles. The second-order valence-electron chi connectivity index (χ2n) is 0.0833. The van der Waals surface area contributed by atoms with Crippen molar-refractivity contribution in [2.45, 2.75) is 0 Å². The molecule has 0 saturated heterocycles. The van der Waals surface area contributed by atoms with E-state index in [2.05, 4.69) is 0 Å². The first-order valence-electron chi connectivity index (χ1n) is 0.612. The van der Waals surface area contributed by atoms with Crippen molar-refractivity contribution >= 4 is 46.9 Å². The van der Waals surface area contributed by atoms with Crippen LogP contribution in [0, 0.1) is 0 Å². The van der Waals surface area contributed by atoms with Gasteiger partial charge in [-0.2, -0.15) is 0 Å². The van der Waals surface area contributed by atoms with Gasteiger partial charge in [0.05, 0.1) is 0 Å². The van der Waals surface area contributed by atoms with Gasteiger partial charge in [-0.3, -0.25) is 0 Å². The van der Waals surface area contributed by atoms with Gasteiger partial charge < -0.3 is 0 Å². The van der Waals surface area contributed by atoms with E-state index >= 15 is 0 Å². The van der Waals surface area contributed by atoms with Crippen molar-refractivity contribution in [1.29, 1.82) is 0 Å². The van der Waals surface area contributed by atoms with Crippen LogP contribution in [-0.4, -0.2) is 46.9 Å². The van der Waals surface area contributed by atoms with Crippen LogP contribution < -0.4 is 0 Å². The Balaban J connectivity index is 0. The average Bonchev–Trinajstić information content (AvgIpc) is 1.46. The van der Waals surface area contributed by atoms with E-state index in [9.17, 15) is 0 Å². The third-order valence-electron chi connectivity index (χ3n) is 0. The first-order chi connectivity index (χ1) is 2.41. The predicted molar refractivity (Wildman–Crippen MR) is 13.6 cm³/mol. The molecule has 0 unspecified atom stereocenters. The zero-order chi connectivity index (χ0) is 4.71. The number of rotatable bonds is 0. The Morgan fingerprint density at radius 2 is 1.20 bits per heavy atom. The van der Waals surface area contributed by atoms with Crippen molar-refractivity contribution in [3.63, 3.8) is 0 Å². The van der Waals surface area contributed by atoms with E-state index in [0.29, 0.717) is 0 Å². The SMILES string of the molecule is [O]=[Pb].[O]=[Sn]=[O]. The van der Waals surface area contributed by atoms with Crippen LogP contribution in [0.4, 0.5) is 0 Å². The fourth-order valence-electron chi connectivity index (χ4n) is 0. The van der Waals surface area contributed by atoms with E-state index in [1.54, 1.807) is 0 Å². The van der Waals surface area contributed by atoms with Gasteiger partial charge in [-0.1, -0.05) is 0 Å². The van der Waals surface area contributed by atoms with Crippen molar-refractivity contribution in [2.75, 3.05) is 0 Å². The van der Waals surface area contributed by atoms with E-state index in [4.69, 9.17) is 8.84 Å². The molecule has 0 aliphatic carbocycles. The average molecular weight is 374 g/mol. The molecule has 0 bridgehead atoms. The summed E-state index contributed by atoms with van der Waals surface area (Å²) in [4.78, 5) is 0. The van der Waals surface area contributed by atoms with Crippen LogP contribution in [-0.2, 0) is 8.84 Å². The van der Waals surface area contributed by atoms with Crippen molar-refractivity contribution in [2.24, 2.45) is 0 Å². The van der Waals surface area contributed by atoms with Gasteiger partial charge in [-0.05, 0) is 0 Å². The minimum atomic E-state index is -2.27. The molecule has 3 nitrogen and oxygen atoms in total. The maximum absolute atomic E-state index is 8.54. The zero-order valence-electron chi connectivity index (χ0n) is 2.22. The Morgan fingerprint density at radius 3 is 1.20 bits per heavy atom. The van der Waals surface area contributed by atoms with Gasteiger partial charge >= 0.3 is 55.7 Å². The normalized spacial score (nSPS) is 2.40. The van der Waals surface area contributed by atoms with E-state index in [1.807, 2.05) is 0 Å². The quantitative estimate of drug-likeness (QED) is 0.506. The topological polar surface area (TPSA) is 51.2 Å². The maximum atomic E-state index is 8.54. The number of hydrogen-bond acceptors (Lipinski definition) is 3. The van der Waals surface area contributed by atoms with Gasteiger partial charge in [0.2, 0.25) is 0 Å². The molecular weight excluding hydrogens is 374 g/mol. The summed E-state index contributed by atoms with van der Waals surface area (Å²) < 4.78 is 25.5. The molecule has 2 radical (unpaired) electrons. The van der Waals surface area contributed by atoms with Crippen molar-refractivity contribution in [3.05, 3.63) is 0 Å². The Kier molecular flexibility index (Phi) is 36.5. The molecule has 0 spiro atoms. The van der Waals surface area contributed by atoms with Gasteiger partial charge in [0, 0.05) is 0 Å². The molecule has 26 valence electrons. The Labute approximate surface area is 55.3 Å². The summed E-state index contributed by atoms with van der Waals surface area (Å²) in [5.74, 6) is 0. The molecule has 0 amide bonds. The third-order valence-corrected chi connectivity index (χ3v) is 0. The van der Waals surface area contributed by atoms with Crippen LogP contribution in [0.15, 0.2) is 0 Å². The summed E-state index contributed by atoms with van der Waals surface area (Å²) in [5.41, 5.74) is 0. The molecule has 0 aromatic carbocycles. The number of hydrogen-bond donors (Lipinski definition) is 0. The molecule has 5 heteroatoms. The summed E-state index contributed by atoms with van der Waals surface area (Å²) in [6.07, 6.45) is 0. The van der Waals surface area contributed by atoms with Crippen LogP contribution in [0.25, 0.3) is 0 Å². The molecule has 0 fully saturated rings. The van der Waals surface area contributed by atoms with Gasteiger partial charge in [0.15, 0.2) is 0 Å². The summed E-state index contributed by atoms with van der Waals surface area (Å²) in [5, 5.41) is 0. The fourth-order valence-corrected chi connectivity index (χ4v) is 0. The van der Waals surface area contributed by atoms with Crippen molar-refractivity contribution < 1.29 is 8.84 Å². The summed E-state index contributed by atoms with van der Waals surface area (Å²) in [6.45, 7) is 0. The monoisotopic (exact) mass is 376 g/mol. The fraction of sp³-hybridized carbons (Fsp3) is 0. The molecule has 0 atom stereocenters. The van der Waals surface area contributed by atoms with E-state index in [-0.39, 0.29) is 25.8 Å². The zero-order valence-corrected chi connectivity index (χ0v) is 8.97. The first-order valence-corrected chi connectivity index (χ1v) is 4.53. The molecular formula is O3PbSn. The second-order valence-corrected chi connectivity index (χ2v) is 0.559. The summed E-state index contributed by atoms with van der Waals surface area (Å²) >= 11 is -2.21. The standard InChI is InChI=1S/3O.Pb.Sn. The van der Waals surface area contributed by atoms with E-state index in [0.717, 1.165) is 0 Å². The van der Waals surface area contributed by atoms with Gasteiger partial charge in [-0.15, -0.1) is 0 Å². The molecule has 0 aromatic rings. The molecule has 5 heavy (non-hydrogen) atoms. The van der Waals surface area contributed by atoms with Crippen LogP contribution >= 0.6 is 0 Å². The van der Waals surface area contributed by atoms with Gasteiger partial charge in [0.25, 0.3) is 0 Å². The van der Waals surface area contributed by atoms with Crippen molar-refractivity contribution in [1.82, 2.24) is 0 Å².